The minimum absolute atomic E-state index is 0.152. The maximum Gasteiger partial charge on any atom is 0.283 e. The molecule has 16 heavy (non-hydrogen) atoms. The molecule has 2 aromatic rings. The first-order valence-corrected chi connectivity index (χ1v) is 6.80. The van der Waals surface area contributed by atoms with E-state index in [0.717, 1.165) is 6.92 Å². The van der Waals surface area contributed by atoms with Gasteiger partial charge in [-0.15, -0.1) is 11.3 Å². The highest BCUT2D eigenvalue weighted by Gasteiger charge is 2.25. The Kier molecular flexibility index (Phi) is 2.64. The first-order valence-electron chi connectivity index (χ1n) is 4.06. The van der Waals surface area contributed by atoms with E-state index in [1.807, 2.05) is 4.72 Å². The molecule has 86 valence electrons. The summed E-state index contributed by atoms with van der Waals surface area (Å²) in [5.74, 6) is -0.679. The van der Waals surface area contributed by atoms with Crippen molar-refractivity contribution < 1.29 is 13.2 Å². The van der Waals surface area contributed by atoms with Crippen LogP contribution in [0.25, 0.3) is 4.96 Å². The summed E-state index contributed by atoms with van der Waals surface area (Å²) < 4.78 is 26.7. The van der Waals surface area contributed by atoms with Crippen molar-refractivity contribution in [1.82, 2.24) is 14.1 Å². The van der Waals surface area contributed by atoms with Crippen molar-refractivity contribution in [2.75, 3.05) is 0 Å². The second-order valence-corrected chi connectivity index (χ2v) is 5.75. The quantitative estimate of drug-likeness (QED) is 0.885. The smallest absolute Gasteiger partial charge is 0.278 e. The number of halogens is 1. The molecule has 1 N–H and O–H groups in total. The highest BCUT2D eigenvalue weighted by Crippen LogP contribution is 2.24. The monoisotopic (exact) mass is 279 g/mol. The largest absolute Gasteiger partial charge is 0.283 e. The van der Waals surface area contributed by atoms with Crippen molar-refractivity contribution in [3.8, 4) is 0 Å². The average molecular weight is 280 g/mol. The number of nitrogens with zero attached hydrogens (tertiary/aromatic N) is 2. The molecule has 0 saturated carbocycles. The van der Waals surface area contributed by atoms with E-state index in [-0.39, 0.29) is 10.2 Å². The summed E-state index contributed by atoms with van der Waals surface area (Å²) in [7, 11) is -3.97. The zero-order valence-corrected chi connectivity index (χ0v) is 10.4. The maximum atomic E-state index is 11.8. The van der Waals surface area contributed by atoms with Gasteiger partial charge in [0.1, 0.15) is 0 Å². The summed E-state index contributed by atoms with van der Waals surface area (Å²) in [6, 6.07) is 0. The fourth-order valence-corrected chi connectivity index (χ4v) is 3.66. The van der Waals surface area contributed by atoms with Gasteiger partial charge < -0.3 is 0 Å². The average Bonchev–Trinajstić information content (AvgIpc) is 2.58. The van der Waals surface area contributed by atoms with Crippen molar-refractivity contribution in [1.29, 1.82) is 0 Å². The summed E-state index contributed by atoms with van der Waals surface area (Å²) in [6.07, 6.45) is 1.52. The summed E-state index contributed by atoms with van der Waals surface area (Å²) in [6.45, 7) is 1.11. The Balaban J connectivity index is 2.66. The molecule has 0 saturated heterocycles. The number of thiazole rings is 1. The SMILES string of the molecule is CC(=O)NS(=O)(=O)c1c(Cl)nc2sccn12. The molecule has 2 aromatic heterocycles. The molecule has 0 aliphatic carbocycles. The zero-order chi connectivity index (χ0) is 11.9. The number of carbonyl (C=O) groups excluding carboxylic acids is 1. The normalized spacial score (nSPS) is 11.9. The number of carbonyl (C=O) groups is 1. The van der Waals surface area contributed by atoms with Crippen LogP contribution < -0.4 is 4.72 Å². The molecule has 9 heteroatoms. The minimum Gasteiger partial charge on any atom is -0.278 e. The van der Waals surface area contributed by atoms with Gasteiger partial charge >= 0.3 is 0 Å². The predicted molar refractivity (Wildman–Crippen MR) is 59.1 cm³/mol. The van der Waals surface area contributed by atoms with Crippen LogP contribution in [-0.4, -0.2) is 23.7 Å². The molecule has 0 radical (unpaired) electrons. The number of sulfonamides is 1. The lowest BCUT2D eigenvalue weighted by molar-refractivity contribution is -0.117. The van der Waals surface area contributed by atoms with E-state index in [0.29, 0.717) is 4.96 Å². The number of nitrogens with one attached hydrogen (secondary N) is 1. The molecular weight excluding hydrogens is 274 g/mol. The van der Waals surface area contributed by atoms with E-state index in [9.17, 15) is 13.2 Å². The second kappa shape index (κ2) is 3.72. The van der Waals surface area contributed by atoms with Gasteiger partial charge in [-0.25, -0.2) is 9.71 Å². The van der Waals surface area contributed by atoms with Crippen LogP contribution in [0.4, 0.5) is 0 Å². The third-order valence-corrected chi connectivity index (χ3v) is 4.30. The van der Waals surface area contributed by atoms with Gasteiger partial charge in [0.25, 0.3) is 10.0 Å². The Morgan fingerprint density at radius 2 is 2.31 bits per heavy atom. The number of amides is 1. The third-order valence-electron chi connectivity index (χ3n) is 1.71. The predicted octanol–water partition coefficient (Wildman–Crippen LogP) is 0.874. The lowest BCUT2D eigenvalue weighted by Crippen LogP contribution is -2.29. The number of fused-ring (bicyclic) bond motifs is 1. The topological polar surface area (TPSA) is 80.5 Å². The molecule has 0 aliphatic rings. The summed E-state index contributed by atoms with van der Waals surface area (Å²) in [5, 5.41) is 1.30. The first-order chi connectivity index (χ1) is 7.42. The van der Waals surface area contributed by atoms with Gasteiger partial charge in [-0.3, -0.25) is 9.20 Å². The number of hydrogen-bond acceptors (Lipinski definition) is 5. The van der Waals surface area contributed by atoms with Gasteiger partial charge in [-0.05, 0) is 0 Å². The van der Waals surface area contributed by atoms with Crippen LogP contribution >= 0.6 is 22.9 Å². The molecular formula is C7H6ClN3O3S2. The maximum absolute atomic E-state index is 11.8. The lowest BCUT2D eigenvalue weighted by Gasteiger charge is -2.02. The Morgan fingerprint density at radius 1 is 1.62 bits per heavy atom. The summed E-state index contributed by atoms with van der Waals surface area (Å²) in [4.78, 5) is 15.1. The van der Waals surface area contributed by atoms with Gasteiger partial charge in [-0.2, -0.15) is 8.42 Å². The van der Waals surface area contributed by atoms with E-state index in [1.54, 1.807) is 5.38 Å². The fraction of sp³-hybridized carbons (Fsp3) is 0.143. The summed E-state index contributed by atoms with van der Waals surface area (Å²) in [5.41, 5.74) is 0. The molecule has 0 fully saturated rings. The van der Waals surface area contributed by atoms with Crippen LogP contribution in [-0.2, 0) is 14.8 Å². The summed E-state index contributed by atoms with van der Waals surface area (Å²) >= 11 is 6.97. The van der Waals surface area contributed by atoms with Gasteiger partial charge in [0.2, 0.25) is 5.91 Å². The number of hydrogen-bond donors (Lipinski definition) is 1. The highest BCUT2D eigenvalue weighted by atomic mass is 35.5. The number of rotatable bonds is 2. The fourth-order valence-electron chi connectivity index (χ4n) is 1.22. The van der Waals surface area contributed by atoms with Crippen molar-refractivity contribution >= 4 is 43.8 Å². The molecule has 6 nitrogen and oxygen atoms in total. The van der Waals surface area contributed by atoms with Crippen LogP contribution in [0.15, 0.2) is 16.6 Å². The van der Waals surface area contributed by atoms with E-state index < -0.39 is 15.9 Å². The molecule has 2 rings (SSSR count). The first kappa shape index (κ1) is 11.4. The van der Waals surface area contributed by atoms with Crippen molar-refractivity contribution in [3.63, 3.8) is 0 Å². The van der Waals surface area contributed by atoms with Crippen molar-refractivity contribution in [3.05, 3.63) is 16.7 Å². The Bertz CT molecular complexity index is 658. The van der Waals surface area contributed by atoms with Crippen LogP contribution in [0.5, 0.6) is 0 Å². The van der Waals surface area contributed by atoms with Gasteiger partial charge in [-0.1, -0.05) is 11.6 Å². The standard InChI is InChI=1S/C7H6ClN3O3S2/c1-4(12)10-16(13,14)6-5(8)9-7-11(6)2-3-15-7/h2-3H,1H3,(H,10,12). The van der Waals surface area contributed by atoms with Gasteiger partial charge in [0.05, 0.1) is 0 Å². The molecule has 0 aliphatic heterocycles. The van der Waals surface area contributed by atoms with E-state index in [2.05, 4.69) is 4.98 Å². The Labute approximate surface area is 99.9 Å². The number of aromatic nitrogens is 2. The highest BCUT2D eigenvalue weighted by molar-refractivity contribution is 7.90. The van der Waals surface area contributed by atoms with Crippen LogP contribution in [0.2, 0.25) is 5.15 Å². The Hall–Kier alpha value is -1.12. The van der Waals surface area contributed by atoms with Gasteiger partial charge in [0.15, 0.2) is 15.1 Å². The van der Waals surface area contributed by atoms with Gasteiger partial charge in [0, 0.05) is 18.5 Å². The van der Waals surface area contributed by atoms with Crippen molar-refractivity contribution in [2.45, 2.75) is 11.9 Å². The third kappa shape index (κ3) is 1.79. The van der Waals surface area contributed by atoms with E-state index in [1.165, 1.54) is 21.9 Å². The molecule has 0 unspecified atom stereocenters. The molecule has 0 atom stereocenters. The molecule has 0 aromatic carbocycles. The number of imidazole rings is 1. The molecule has 0 spiro atoms. The zero-order valence-electron chi connectivity index (χ0n) is 7.97. The molecule has 2 heterocycles. The van der Waals surface area contributed by atoms with Crippen LogP contribution in [0.3, 0.4) is 0 Å². The minimum atomic E-state index is -3.97. The Morgan fingerprint density at radius 3 is 2.94 bits per heavy atom. The van der Waals surface area contributed by atoms with Crippen molar-refractivity contribution in [2.24, 2.45) is 0 Å². The molecule has 1 amide bonds. The van der Waals surface area contributed by atoms with E-state index >= 15 is 0 Å². The van der Waals surface area contributed by atoms with E-state index in [4.69, 9.17) is 11.6 Å². The lowest BCUT2D eigenvalue weighted by atomic mass is 10.8. The second-order valence-electron chi connectivity index (χ2n) is 2.93. The van der Waals surface area contributed by atoms with Crippen LogP contribution in [0, 0.1) is 0 Å². The molecule has 0 bridgehead atoms. The van der Waals surface area contributed by atoms with Crippen LogP contribution in [0.1, 0.15) is 6.92 Å².